The van der Waals surface area contributed by atoms with Gasteiger partial charge in [0.1, 0.15) is 11.6 Å². The molecule has 4 aromatic rings. The first-order valence-electron chi connectivity index (χ1n) is 13.4. The number of aromatic nitrogens is 2. The molecule has 2 N–H and O–H groups in total. The van der Waals surface area contributed by atoms with Gasteiger partial charge in [0.15, 0.2) is 0 Å². The van der Waals surface area contributed by atoms with Crippen molar-refractivity contribution in [1.29, 1.82) is 0 Å². The lowest BCUT2D eigenvalue weighted by Gasteiger charge is -2.29. The maximum atomic E-state index is 14.5. The van der Waals surface area contributed by atoms with Crippen molar-refractivity contribution >= 4 is 34.0 Å². The molecule has 0 spiro atoms. The number of fused-ring (bicyclic) bond motifs is 1. The second-order valence-corrected chi connectivity index (χ2v) is 10.0. The van der Waals surface area contributed by atoms with E-state index in [2.05, 4.69) is 20.2 Å². The number of carbonyl (C=O) groups is 1. The standard InChI is InChI=1S/C30H30FN5O3/c31-21-16-20(17-22(18-21)35-13-4-1-5-14-35)29(38)33-26-8-9-27(25-7-3-2-6-24(25)26)39-28-10-12-32-30(34-28)36-15-11-23(37)19-36/h2-3,6-10,12,16-18,23,37H,1,4-5,11,13-15,19H2,(H,33,38). The molecule has 2 aliphatic heterocycles. The molecular formula is C30H30FN5O3. The summed E-state index contributed by atoms with van der Waals surface area (Å²) in [6.45, 7) is 2.91. The summed E-state index contributed by atoms with van der Waals surface area (Å²) < 4.78 is 20.6. The fourth-order valence-electron chi connectivity index (χ4n) is 5.28. The van der Waals surface area contributed by atoms with E-state index in [0.717, 1.165) is 42.4 Å². The van der Waals surface area contributed by atoms with E-state index in [-0.39, 0.29) is 17.6 Å². The van der Waals surface area contributed by atoms with Crippen LogP contribution in [0.1, 0.15) is 36.0 Å². The van der Waals surface area contributed by atoms with E-state index >= 15 is 0 Å². The van der Waals surface area contributed by atoms with Crippen molar-refractivity contribution in [3.63, 3.8) is 0 Å². The molecule has 1 aromatic heterocycles. The van der Waals surface area contributed by atoms with Crippen molar-refractivity contribution in [3.8, 4) is 11.6 Å². The first kappa shape index (κ1) is 25.1. The summed E-state index contributed by atoms with van der Waals surface area (Å²) in [5.74, 6) is 0.668. The van der Waals surface area contributed by atoms with E-state index in [0.29, 0.717) is 42.8 Å². The van der Waals surface area contributed by atoms with Crippen LogP contribution in [-0.4, -0.2) is 53.3 Å². The molecule has 3 aromatic carbocycles. The number of β-amino-alcohol motifs (C(OH)–C–C–N with tert-alkyl or cyclic N) is 1. The molecule has 9 heteroatoms. The lowest BCUT2D eigenvalue weighted by molar-refractivity contribution is 0.102. The Labute approximate surface area is 226 Å². The second kappa shape index (κ2) is 10.9. The van der Waals surface area contributed by atoms with Crippen molar-refractivity contribution < 1.29 is 19.0 Å². The molecule has 3 heterocycles. The van der Waals surface area contributed by atoms with Crippen molar-refractivity contribution in [2.75, 3.05) is 41.3 Å². The van der Waals surface area contributed by atoms with E-state index in [1.165, 1.54) is 18.6 Å². The molecule has 0 bridgehead atoms. The van der Waals surface area contributed by atoms with E-state index < -0.39 is 5.82 Å². The van der Waals surface area contributed by atoms with Crippen LogP contribution in [-0.2, 0) is 0 Å². The van der Waals surface area contributed by atoms with E-state index in [1.807, 2.05) is 29.2 Å². The number of ether oxygens (including phenoxy) is 1. The minimum Gasteiger partial charge on any atom is -0.438 e. The average Bonchev–Trinajstić information content (AvgIpc) is 3.41. The van der Waals surface area contributed by atoms with Crippen LogP contribution in [0.5, 0.6) is 11.6 Å². The highest BCUT2D eigenvalue weighted by molar-refractivity contribution is 6.10. The molecule has 39 heavy (non-hydrogen) atoms. The quantitative estimate of drug-likeness (QED) is 0.348. The number of hydrogen-bond acceptors (Lipinski definition) is 7. The van der Waals surface area contributed by atoms with Gasteiger partial charge in [-0.2, -0.15) is 4.98 Å². The number of amides is 1. The molecule has 0 aliphatic carbocycles. The smallest absolute Gasteiger partial charge is 0.255 e. The van der Waals surface area contributed by atoms with Gasteiger partial charge in [0.25, 0.3) is 5.91 Å². The van der Waals surface area contributed by atoms with Gasteiger partial charge < -0.3 is 25.0 Å². The zero-order chi connectivity index (χ0) is 26.8. The Kier molecular flexibility index (Phi) is 6.98. The zero-order valence-corrected chi connectivity index (χ0v) is 21.5. The fourth-order valence-corrected chi connectivity index (χ4v) is 5.28. The number of benzene rings is 3. The fraction of sp³-hybridized carbons (Fsp3) is 0.300. The van der Waals surface area contributed by atoms with Crippen LogP contribution in [0.4, 0.5) is 21.7 Å². The maximum absolute atomic E-state index is 14.5. The second-order valence-electron chi connectivity index (χ2n) is 10.0. The molecular weight excluding hydrogens is 497 g/mol. The number of aliphatic hydroxyl groups is 1. The van der Waals surface area contributed by atoms with Crippen molar-refractivity contribution in [3.05, 3.63) is 78.2 Å². The summed E-state index contributed by atoms with van der Waals surface area (Å²) in [7, 11) is 0. The molecule has 200 valence electrons. The SMILES string of the molecule is O=C(Nc1ccc(Oc2ccnc(N3CCC(O)C3)n2)c2ccccc12)c1cc(F)cc(N2CCCCC2)c1. The topological polar surface area (TPSA) is 90.8 Å². The maximum Gasteiger partial charge on any atom is 0.255 e. The molecule has 2 saturated heterocycles. The number of rotatable bonds is 6. The number of halogens is 1. The minimum absolute atomic E-state index is 0.278. The molecule has 0 saturated carbocycles. The third-order valence-electron chi connectivity index (χ3n) is 7.28. The molecule has 1 atom stereocenters. The molecule has 1 unspecified atom stereocenters. The van der Waals surface area contributed by atoms with Crippen LogP contribution in [0.15, 0.2) is 66.9 Å². The van der Waals surface area contributed by atoms with Crippen LogP contribution < -0.4 is 19.9 Å². The molecule has 1 amide bonds. The number of nitrogens with zero attached hydrogens (tertiary/aromatic N) is 4. The number of carbonyl (C=O) groups excluding carboxylic acids is 1. The third kappa shape index (κ3) is 5.49. The normalized spacial score (nSPS) is 17.4. The number of nitrogens with one attached hydrogen (secondary N) is 1. The highest BCUT2D eigenvalue weighted by Crippen LogP contribution is 2.35. The molecule has 6 rings (SSSR count). The van der Waals surface area contributed by atoms with Crippen LogP contribution >= 0.6 is 0 Å². The molecule has 8 nitrogen and oxygen atoms in total. The summed E-state index contributed by atoms with van der Waals surface area (Å²) in [6, 6.07) is 17.4. The van der Waals surface area contributed by atoms with Gasteiger partial charge in [0, 0.05) is 66.2 Å². The Morgan fingerprint density at radius 3 is 2.59 bits per heavy atom. The molecule has 0 radical (unpaired) electrons. The van der Waals surface area contributed by atoms with Crippen LogP contribution in [0.3, 0.4) is 0 Å². The highest BCUT2D eigenvalue weighted by Gasteiger charge is 2.23. The van der Waals surface area contributed by atoms with Gasteiger partial charge in [0.05, 0.1) is 6.10 Å². The number of anilines is 3. The Bertz CT molecular complexity index is 1510. The summed E-state index contributed by atoms with van der Waals surface area (Å²) in [4.78, 5) is 26.2. The van der Waals surface area contributed by atoms with Gasteiger partial charge in [-0.05, 0) is 56.0 Å². The summed E-state index contributed by atoms with van der Waals surface area (Å²) in [6.07, 6.45) is 5.24. The van der Waals surface area contributed by atoms with Crippen LogP contribution in [0.25, 0.3) is 10.8 Å². The summed E-state index contributed by atoms with van der Waals surface area (Å²) in [5.41, 5.74) is 1.61. The van der Waals surface area contributed by atoms with E-state index in [9.17, 15) is 14.3 Å². The van der Waals surface area contributed by atoms with Crippen LogP contribution in [0.2, 0.25) is 0 Å². The van der Waals surface area contributed by atoms with Gasteiger partial charge in [-0.3, -0.25) is 4.79 Å². The average molecular weight is 528 g/mol. The van der Waals surface area contributed by atoms with Gasteiger partial charge >= 0.3 is 0 Å². The Morgan fingerprint density at radius 1 is 0.974 bits per heavy atom. The van der Waals surface area contributed by atoms with Crippen molar-refractivity contribution in [2.24, 2.45) is 0 Å². The Morgan fingerprint density at radius 2 is 1.79 bits per heavy atom. The summed E-state index contributed by atoms with van der Waals surface area (Å²) in [5, 5.41) is 14.4. The minimum atomic E-state index is -0.426. The first-order valence-corrected chi connectivity index (χ1v) is 13.4. The van der Waals surface area contributed by atoms with E-state index in [4.69, 9.17) is 4.74 Å². The predicted molar refractivity (Wildman–Crippen MR) is 149 cm³/mol. The van der Waals surface area contributed by atoms with Gasteiger partial charge in [-0.1, -0.05) is 24.3 Å². The number of hydrogen-bond donors (Lipinski definition) is 2. The Balaban J connectivity index is 1.25. The highest BCUT2D eigenvalue weighted by atomic mass is 19.1. The van der Waals surface area contributed by atoms with Gasteiger partial charge in [-0.15, -0.1) is 0 Å². The van der Waals surface area contributed by atoms with Crippen LogP contribution in [0, 0.1) is 5.82 Å². The van der Waals surface area contributed by atoms with E-state index in [1.54, 1.807) is 30.5 Å². The first-order chi connectivity index (χ1) is 19.0. The largest absolute Gasteiger partial charge is 0.438 e. The van der Waals surface area contributed by atoms with Crippen molar-refractivity contribution in [1.82, 2.24) is 9.97 Å². The predicted octanol–water partition coefficient (Wildman–Crippen LogP) is 5.37. The lowest BCUT2D eigenvalue weighted by Crippen LogP contribution is -2.29. The molecule has 2 fully saturated rings. The van der Waals surface area contributed by atoms with Crippen molar-refractivity contribution in [2.45, 2.75) is 31.8 Å². The molecule has 2 aliphatic rings. The monoisotopic (exact) mass is 527 g/mol. The lowest BCUT2D eigenvalue weighted by atomic mass is 10.1. The van der Waals surface area contributed by atoms with Gasteiger partial charge in [0.2, 0.25) is 11.8 Å². The number of piperidine rings is 1. The Hall–Kier alpha value is -4.24. The zero-order valence-electron chi connectivity index (χ0n) is 21.5. The van der Waals surface area contributed by atoms with Gasteiger partial charge in [-0.25, -0.2) is 9.37 Å². The summed E-state index contributed by atoms with van der Waals surface area (Å²) >= 11 is 0. The third-order valence-corrected chi connectivity index (χ3v) is 7.28. The number of aliphatic hydroxyl groups excluding tert-OH is 1.